The first-order valence-corrected chi connectivity index (χ1v) is 8.74. The average molecular weight is 342 g/mol. The molecular formula is C14H18N2O6S. The van der Waals surface area contributed by atoms with Gasteiger partial charge in [0.25, 0.3) is 0 Å². The Morgan fingerprint density at radius 3 is 2.65 bits per heavy atom. The van der Waals surface area contributed by atoms with Gasteiger partial charge in [0.1, 0.15) is 0 Å². The number of rotatable bonds is 4. The summed E-state index contributed by atoms with van der Waals surface area (Å²) in [6, 6.07) is 3.48. The third-order valence-corrected chi connectivity index (χ3v) is 5.22. The number of fused-ring (bicyclic) bond motifs is 1. The molecule has 2 aliphatic heterocycles. The SMILES string of the molecule is C[C@@H](NS(=O)(=O)c1ccc2c(c1)OCO2)C(=O)N1CCOCC1. The van der Waals surface area contributed by atoms with Crippen molar-refractivity contribution in [3.8, 4) is 11.5 Å². The molecule has 1 atom stereocenters. The standard InChI is InChI=1S/C14H18N2O6S/c1-10(14(17)16-4-6-20-7-5-16)15-23(18,19)11-2-3-12-13(8-11)22-9-21-12/h2-3,8,10,15H,4-7,9H2,1H3/t10-/m1/s1. The fourth-order valence-corrected chi connectivity index (χ4v) is 3.66. The van der Waals surface area contributed by atoms with Crippen molar-refractivity contribution in [1.82, 2.24) is 9.62 Å². The molecule has 0 radical (unpaired) electrons. The number of carbonyl (C=O) groups is 1. The van der Waals surface area contributed by atoms with Gasteiger partial charge in [0.05, 0.1) is 24.2 Å². The molecule has 0 aliphatic carbocycles. The van der Waals surface area contributed by atoms with Crippen LogP contribution in [0.5, 0.6) is 11.5 Å². The normalized spacial score (nSPS) is 18.7. The van der Waals surface area contributed by atoms with Crippen LogP contribution in [0, 0.1) is 0 Å². The van der Waals surface area contributed by atoms with Crippen LogP contribution in [0.15, 0.2) is 23.1 Å². The number of hydrogen-bond acceptors (Lipinski definition) is 6. The van der Waals surface area contributed by atoms with Crippen molar-refractivity contribution >= 4 is 15.9 Å². The maximum Gasteiger partial charge on any atom is 0.241 e. The molecule has 1 fully saturated rings. The molecule has 8 nitrogen and oxygen atoms in total. The zero-order chi connectivity index (χ0) is 16.4. The minimum Gasteiger partial charge on any atom is -0.454 e. The first kappa shape index (κ1) is 16.0. The Kier molecular flexibility index (Phi) is 4.42. The Balaban J connectivity index is 1.71. The molecule has 0 saturated carbocycles. The Morgan fingerprint density at radius 2 is 1.91 bits per heavy atom. The fraction of sp³-hybridized carbons (Fsp3) is 0.500. The first-order chi connectivity index (χ1) is 11.0. The number of hydrogen-bond donors (Lipinski definition) is 1. The van der Waals surface area contributed by atoms with Crippen molar-refractivity contribution < 1.29 is 27.4 Å². The predicted molar refractivity (Wildman–Crippen MR) is 79.7 cm³/mol. The molecule has 1 aromatic rings. The molecule has 1 saturated heterocycles. The molecule has 9 heteroatoms. The van der Waals surface area contributed by atoms with Crippen LogP contribution in [-0.4, -0.2) is 58.4 Å². The zero-order valence-corrected chi connectivity index (χ0v) is 13.5. The zero-order valence-electron chi connectivity index (χ0n) is 12.6. The Morgan fingerprint density at radius 1 is 1.22 bits per heavy atom. The lowest BCUT2D eigenvalue weighted by Crippen LogP contribution is -2.50. The van der Waals surface area contributed by atoms with Gasteiger partial charge in [-0.2, -0.15) is 4.72 Å². The average Bonchev–Trinajstić information content (AvgIpc) is 3.02. The van der Waals surface area contributed by atoms with Crippen molar-refractivity contribution in [2.24, 2.45) is 0 Å². The highest BCUT2D eigenvalue weighted by molar-refractivity contribution is 7.89. The summed E-state index contributed by atoms with van der Waals surface area (Å²) in [5.74, 6) is 0.610. The topological polar surface area (TPSA) is 94.2 Å². The monoisotopic (exact) mass is 342 g/mol. The minimum absolute atomic E-state index is 0.0309. The van der Waals surface area contributed by atoms with Gasteiger partial charge in [0, 0.05) is 19.2 Å². The molecule has 23 heavy (non-hydrogen) atoms. The van der Waals surface area contributed by atoms with Crippen molar-refractivity contribution in [3.05, 3.63) is 18.2 Å². The van der Waals surface area contributed by atoms with E-state index in [-0.39, 0.29) is 17.6 Å². The van der Waals surface area contributed by atoms with Crippen molar-refractivity contribution in [2.75, 3.05) is 33.1 Å². The van der Waals surface area contributed by atoms with Crippen LogP contribution in [-0.2, 0) is 19.6 Å². The third kappa shape index (κ3) is 3.41. The molecule has 1 amide bonds. The molecular weight excluding hydrogens is 324 g/mol. The predicted octanol–water partition coefficient (Wildman–Crippen LogP) is -0.0591. The van der Waals surface area contributed by atoms with Gasteiger partial charge in [-0.05, 0) is 19.1 Å². The molecule has 1 N–H and O–H groups in total. The molecule has 1 aromatic carbocycles. The van der Waals surface area contributed by atoms with Crippen LogP contribution in [0.3, 0.4) is 0 Å². The van der Waals surface area contributed by atoms with Crippen LogP contribution in [0.4, 0.5) is 0 Å². The molecule has 0 unspecified atom stereocenters. The second-order valence-corrected chi connectivity index (χ2v) is 7.01. The van der Waals surface area contributed by atoms with Gasteiger partial charge < -0.3 is 19.1 Å². The van der Waals surface area contributed by atoms with E-state index in [0.29, 0.717) is 37.8 Å². The summed E-state index contributed by atoms with van der Waals surface area (Å²) in [4.78, 5) is 13.9. The molecule has 3 rings (SSSR count). The highest BCUT2D eigenvalue weighted by atomic mass is 32.2. The second kappa shape index (κ2) is 6.34. The lowest BCUT2D eigenvalue weighted by molar-refractivity contribution is -0.136. The summed E-state index contributed by atoms with van der Waals surface area (Å²) in [7, 11) is -3.83. The lowest BCUT2D eigenvalue weighted by Gasteiger charge is -2.29. The summed E-state index contributed by atoms with van der Waals surface area (Å²) < 4.78 is 42.8. The highest BCUT2D eigenvalue weighted by Crippen LogP contribution is 2.33. The van der Waals surface area contributed by atoms with E-state index in [1.807, 2.05) is 0 Å². The van der Waals surface area contributed by atoms with Crippen LogP contribution >= 0.6 is 0 Å². The van der Waals surface area contributed by atoms with E-state index in [1.54, 1.807) is 4.90 Å². The smallest absolute Gasteiger partial charge is 0.241 e. The fourth-order valence-electron chi connectivity index (χ4n) is 2.45. The summed E-state index contributed by atoms with van der Waals surface area (Å²) >= 11 is 0. The van der Waals surface area contributed by atoms with Gasteiger partial charge >= 0.3 is 0 Å². The number of nitrogens with one attached hydrogen (secondary N) is 1. The number of amides is 1. The molecule has 0 spiro atoms. The summed E-state index contributed by atoms with van der Waals surface area (Å²) in [6.45, 7) is 3.46. The van der Waals surface area contributed by atoms with Crippen molar-refractivity contribution in [2.45, 2.75) is 17.9 Å². The van der Waals surface area contributed by atoms with Gasteiger partial charge in [-0.3, -0.25) is 4.79 Å². The van der Waals surface area contributed by atoms with Crippen molar-refractivity contribution in [3.63, 3.8) is 0 Å². The molecule has 0 bridgehead atoms. The first-order valence-electron chi connectivity index (χ1n) is 7.26. The van der Waals surface area contributed by atoms with E-state index in [1.165, 1.54) is 25.1 Å². The molecule has 0 aromatic heterocycles. The largest absolute Gasteiger partial charge is 0.454 e. The van der Waals surface area contributed by atoms with Gasteiger partial charge in [-0.15, -0.1) is 0 Å². The number of ether oxygens (including phenoxy) is 3. The maximum absolute atomic E-state index is 12.4. The number of benzene rings is 1. The summed E-state index contributed by atoms with van der Waals surface area (Å²) in [5, 5.41) is 0. The van der Waals surface area contributed by atoms with E-state index < -0.39 is 16.1 Å². The number of sulfonamides is 1. The Labute approximate surface area is 134 Å². The van der Waals surface area contributed by atoms with E-state index >= 15 is 0 Å². The van der Waals surface area contributed by atoms with E-state index in [4.69, 9.17) is 14.2 Å². The van der Waals surface area contributed by atoms with Gasteiger partial charge in [0.15, 0.2) is 11.5 Å². The van der Waals surface area contributed by atoms with E-state index in [9.17, 15) is 13.2 Å². The Hall–Kier alpha value is -1.84. The lowest BCUT2D eigenvalue weighted by atomic mass is 10.3. The van der Waals surface area contributed by atoms with Crippen LogP contribution in [0.25, 0.3) is 0 Å². The third-order valence-electron chi connectivity index (χ3n) is 3.68. The van der Waals surface area contributed by atoms with Crippen molar-refractivity contribution in [1.29, 1.82) is 0 Å². The van der Waals surface area contributed by atoms with Gasteiger partial charge in [-0.1, -0.05) is 0 Å². The minimum atomic E-state index is -3.83. The number of nitrogens with zero attached hydrogens (tertiary/aromatic N) is 1. The second-order valence-electron chi connectivity index (χ2n) is 5.30. The van der Waals surface area contributed by atoms with Gasteiger partial charge in [-0.25, -0.2) is 8.42 Å². The molecule has 2 aliphatic rings. The number of morpholine rings is 1. The maximum atomic E-state index is 12.4. The molecule has 2 heterocycles. The summed E-state index contributed by atoms with van der Waals surface area (Å²) in [6.07, 6.45) is 0. The van der Waals surface area contributed by atoms with Crippen LogP contribution in [0.1, 0.15) is 6.92 Å². The Bertz CT molecular complexity index is 699. The van der Waals surface area contributed by atoms with Crippen LogP contribution in [0.2, 0.25) is 0 Å². The summed E-state index contributed by atoms with van der Waals surface area (Å²) in [5.41, 5.74) is 0. The molecule has 126 valence electrons. The quantitative estimate of drug-likeness (QED) is 0.824. The number of carbonyl (C=O) groups excluding carboxylic acids is 1. The van der Waals surface area contributed by atoms with E-state index in [2.05, 4.69) is 4.72 Å². The highest BCUT2D eigenvalue weighted by Gasteiger charge is 2.28. The van der Waals surface area contributed by atoms with Crippen LogP contribution < -0.4 is 14.2 Å². The van der Waals surface area contributed by atoms with E-state index in [0.717, 1.165) is 0 Å². The van der Waals surface area contributed by atoms with Gasteiger partial charge in [0.2, 0.25) is 22.7 Å².